The van der Waals surface area contributed by atoms with Gasteiger partial charge in [-0.05, 0) is 42.7 Å². The topological polar surface area (TPSA) is 125 Å². The minimum Gasteiger partial charge on any atom is -0.482 e. The van der Waals surface area contributed by atoms with Crippen molar-refractivity contribution in [1.29, 1.82) is 0 Å². The van der Waals surface area contributed by atoms with Crippen LogP contribution in [0, 0.1) is 0 Å². The van der Waals surface area contributed by atoms with E-state index in [9.17, 15) is 4.79 Å². The maximum atomic E-state index is 10.7. The quantitative estimate of drug-likeness (QED) is 0.345. The number of nitrogens with one attached hydrogen (secondary N) is 2. The van der Waals surface area contributed by atoms with Crippen molar-refractivity contribution in [1.82, 2.24) is 15.0 Å². The maximum absolute atomic E-state index is 10.7. The number of para-hydroxylation sites is 1. The number of benzene rings is 2. The number of anilines is 4. The number of hydrazone groups is 1. The van der Waals surface area contributed by atoms with Gasteiger partial charge in [-0.3, -0.25) is 0 Å². The van der Waals surface area contributed by atoms with Crippen LogP contribution >= 0.6 is 0 Å². The molecule has 10 heteroatoms. The fraction of sp³-hybridized carbons (Fsp3) is 0.227. The monoisotopic (exact) mass is 433 g/mol. The van der Waals surface area contributed by atoms with E-state index in [0.29, 0.717) is 23.6 Å². The van der Waals surface area contributed by atoms with Gasteiger partial charge in [0, 0.05) is 18.8 Å². The Hall–Kier alpha value is -4.21. The summed E-state index contributed by atoms with van der Waals surface area (Å²) in [5.41, 5.74) is 4.47. The lowest BCUT2D eigenvalue weighted by Crippen LogP contribution is -2.21. The highest BCUT2D eigenvalue weighted by atomic mass is 16.5. The summed E-state index contributed by atoms with van der Waals surface area (Å²) in [6.45, 7) is 1.40. The Morgan fingerprint density at radius 1 is 1.06 bits per heavy atom. The molecule has 3 N–H and O–H groups in total. The predicted molar refractivity (Wildman–Crippen MR) is 122 cm³/mol. The highest BCUT2D eigenvalue weighted by Gasteiger charge is 2.17. The third-order valence-electron chi connectivity index (χ3n) is 4.64. The van der Waals surface area contributed by atoms with Crippen molar-refractivity contribution in [3.63, 3.8) is 0 Å². The first-order valence-corrected chi connectivity index (χ1v) is 10.2. The second kappa shape index (κ2) is 10.2. The Morgan fingerprint density at radius 2 is 1.84 bits per heavy atom. The molecule has 1 aliphatic heterocycles. The van der Waals surface area contributed by atoms with Crippen LogP contribution in [-0.2, 0) is 4.79 Å². The molecular weight excluding hydrogens is 410 g/mol. The van der Waals surface area contributed by atoms with E-state index in [1.807, 2.05) is 36.4 Å². The first-order chi connectivity index (χ1) is 15.7. The van der Waals surface area contributed by atoms with Gasteiger partial charge in [-0.25, -0.2) is 10.2 Å². The fourth-order valence-electron chi connectivity index (χ4n) is 3.17. The van der Waals surface area contributed by atoms with E-state index in [-0.39, 0.29) is 0 Å². The molecule has 0 bridgehead atoms. The Balaban J connectivity index is 1.49. The molecule has 0 aliphatic carbocycles. The summed E-state index contributed by atoms with van der Waals surface area (Å²) in [7, 11) is 0. The number of carboxylic acid groups (broad SMARTS) is 1. The lowest BCUT2D eigenvalue weighted by molar-refractivity contribution is -0.139. The van der Waals surface area contributed by atoms with Crippen molar-refractivity contribution >= 4 is 35.7 Å². The molecule has 0 saturated carbocycles. The minimum absolute atomic E-state index is 0.315. The first-order valence-electron chi connectivity index (χ1n) is 10.2. The zero-order valence-corrected chi connectivity index (χ0v) is 17.3. The molecule has 164 valence electrons. The summed E-state index contributed by atoms with van der Waals surface area (Å²) >= 11 is 0. The number of carbonyl (C=O) groups is 1. The first kappa shape index (κ1) is 21.0. The second-order valence-electron chi connectivity index (χ2n) is 7.09. The molecule has 2 aromatic carbocycles. The van der Waals surface area contributed by atoms with Crippen molar-refractivity contribution in [2.75, 3.05) is 35.3 Å². The Labute approximate surface area is 185 Å². The number of aliphatic carboxylic acids is 1. The zero-order valence-electron chi connectivity index (χ0n) is 17.3. The van der Waals surface area contributed by atoms with E-state index in [1.54, 1.807) is 24.4 Å². The molecule has 1 saturated heterocycles. The largest absolute Gasteiger partial charge is 0.482 e. The third-order valence-corrected chi connectivity index (χ3v) is 4.64. The van der Waals surface area contributed by atoms with E-state index in [2.05, 4.69) is 35.7 Å². The molecule has 32 heavy (non-hydrogen) atoms. The molecule has 2 heterocycles. The SMILES string of the molecule is O=C(O)COc1cccc(/C=N/Nc2nc(Nc3ccccc3)nc(N3CCCC3)n2)c1. The van der Waals surface area contributed by atoms with Gasteiger partial charge in [-0.1, -0.05) is 30.3 Å². The van der Waals surface area contributed by atoms with Gasteiger partial charge in [0.25, 0.3) is 0 Å². The van der Waals surface area contributed by atoms with Gasteiger partial charge in [0.05, 0.1) is 6.21 Å². The van der Waals surface area contributed by atoms with E-state index >= 15 is 0 Å². The van der Waals surface area contributed by atoms with Gasteiger partial charge >= 0.3 is 5.97 Å². The van der Waals surface area contributed by atoms with Crippen LogP contribution in [-0.4, -0.2) is 51.9 Å². The number of nitrogens with zero attached hydrogens (tertiary/aromatic N) is 5. The standard InChI is InChI=1S/C22H23N7O3/c30-19(31)15-32-18-10-6-7-16(13-18)14-23-28-21-25-20(24-17-8-2-1-3-9-17)26-22(27-21)29-11-4-5-12-29/h1-3,6-10,13-14H,4-5,11-12,15H2,(H,30,31)(H2,24,25,26,27,28)/b23-14+. The Bertz CT molecular complexity index is 1090. The summed E-state index contributed by atoms with van der Waals surface area (Å²) in [4.78, 5) is 26.3. The Morgan fingerprint density at radius 3 is 2.62 bits per heavy atom. The van der Waals surface area contributed by atoms with Crippen LogP contribution in [0.1, 0.15) is 18.4 Å². The Kier molecular flexibility index (Phi) is 6.71. The summed E-state index contributed by atoms with van der Waals surface area (Å²) < 4.78 is 5.19. The molecule has 0 atom stereocenters. The highest BCUT2D eigenvalue weighted by molar-refractivity contribution is 5.80. The second-order valence-corrected chi connectivity index (χ2v) is 7.09. The van der Waals surface area contributed by atoms with E-state index < -0.39 is 12.6 Å². The zero-order chi connectivity index (χ0) is 22.2. The number of rotatable bonds is 9. The van der Waals surface area contributed by atoms with Crippen molar-refractivity contribution in [3.05, 3.63) is 60.2 Å². The minimum atomic E-state index is -1.03. The summed E-state index contributed by atoms with van der Waals surface area (Å²) in [6, 6.07) is 16.6. The summed E-state index contributed by atoms with van der Waals surface area (Å²) in [5.74, 6) is 0.749. The van der Waals surface area contributed by atoms with Crippen LogP contribution in [0.2, 0.25) is 0 Å². The van der Waals surface area contributed by atoms with Crippen molar-refractivity contribution < 1.29 is 14.6 Å². The number of aromatic nitrogens is 3. The van der Waals surface area contributed by atoms with Crippen LogP contribution < -0.4 is 20.4 Å². The average Bonchev–Trinajstić information content (AvgIpc) is 3.34. The van der Waals surface area contributed by atoms with Crippen LogP contribution in [0.25, 0.3) is 0 Å². The smallest absolute Gasteiger partial charge is 0.341 e. The summed E-state index contributed by atoms with van der Waals surface area (Å²) in [5, 5.41) is 16.2. The number of hydrogen-bond acceptors (Lipinski definition) is 9. The molecule has 0 spiro atoms. The van der Waals surface area contributed by atoms with Gasteiger partial charge in [0.1, 0.15) is 5.75 Å². The molecule has 1 aromatic heterocycles. The predicted octanol–water partition coefficient (Wildman–Crippen LogP) is 3.12. The molecule has 1 fully saturated rings. The number of hydrogen-bond donors (Lipinski definition) is 3. The maximum Gasteiger partial charge on any atom is 0.341 e. The van der Waals surface area contributed by atoms with Crippen LogP contribution in [0.4, 0.5) is 23.5 Å². The fourth-order valence-corrected chi connectivity index (χ4v) is 3.17. The van der Waals surface area contributed by atoms with Gasteiger partial charge in [-0.2, -0.15) is 20.1 Å². The lowest BCUT2D eigenvalue weighted by atomic mass is 10.2. The molecule has 4 rings (SSSR count). The van der Waals surface area contributed by atoms with E-state index in [0.717, 1.165) is 37.2 Å². The third kappa shape index (κ3) is 5.91. The van der Waals surface area contributed by atoms with Gasteiger partial charge in [-0.15, -0.1) is 0 Å². The van der Waals surface area contributed by atoms with Crippen molar-refractivity contribution in [2.24, 2.45) is 5.10 Å². The van der Waals surface area contributed by atoms with E-state index in [4.69, 9.17) is 9.84 Å². The average molecular weight is 433 g/mol. The summed E-state index contributed by atoms with van der Waals surface area (Å²) in [6.07, 6.45) is 3.79. The number of ether oxygens (including phenoxy) is 1. The normalized spacial score (nSPS) is 13.3. The molecule has 3 aromatic rings. The van der Waals surface area contributed by atoms with E-state index in [1.165, 1.54) is 0 Å². The van der Waals surface area contributed by atoms with Gasteiger partial charge in [0.15, 0.2) is 6.61 Å². The van der Waals surface area contributed by atoms with Crippen LogP contribution in [0.5, 0.6) is 5.75 Å². The lowest BCUT2D eigenvalue weighted by Gasteiger charge is -2.16. The number of carboxylic acids is 1. The molecule has 0 unspecified atom stereocenters. The van der Waals surface area contributed by atoms with Gasteiger partial charge < -0.3 is 20.1 Å². The van der Waals surface area contributed by atoms with Crippen molar-refractivity contribution in [3.8, 4) is 5.75 Å². The van der Waals surface area contributed by atoms with Crippen LogP contribution in [0.3, 0.4) is 0 Å². The molecule has 10 nitrogen and oxygen atoms in total. The molecule has 0 radical (unpaired) electrons. The molecule has 0 amide bonds. The highest BCUT2D eigenvalue weighted by Crippen LogP contribution is 2.21. The van der Waals surface area contributed by atoms with Crippen molar-refractivity contribution in [2.45, 2.75) is 12.8 Å². The van der Waals surface area contributed by atoms with Crippen LogP contribution in [0.15, 0.2) is 59.7 Å². The molecular formula is C22H23N7O3. The van der Waals surface area contributed by atoms with Gasteiger partial charge in [0.2, 0.25) is 17.8 Å². The molecule has 1 aliphatic rings.